The Morgan fingerprint density at radius 3 is 2.67 bits per heavy atom. The molecule has 1 unspecified atom stereocenters. The van der Waals surface area contributed by atoms with Gasteiger partial charge < -0.3 is 0 Å². The first-order valence-electron chi connectivity index (χ1n) is 5.86. The molecule has 18 heavy (non-hydrogen) atoms. The van der Waals surface area contributed by atoms with Gasteiger partial charge in [-0.25, -0.2) is 4.98 Å². The molecule has 0 N–H and O–H groups in total. The molecule has 0 aromatic carbocycles. The van der Waals surface area contributed by atoms with Crippen molar-refractivity contribution in [2.24, 2.45) is 5.92 Å². The molecular weight excluding hydrogens is 336 g/mol. The predicted octanol–water partition coefficient (Wildman–Crippen LogP) is 3.79. The van der Waals surface area contributed by atoms with E-state index in [2.05, 4.69) is 41.7 Å². The Hall–Kier alpha value is -0.130. The molecule has 0 radical (unpaired) electrons. The monoisotopic (exact) mass is 350 g/mol. The molecule has 0 saturated carbocycles. The van der Waals surface area contributed by atoms with Crippen LogP contribution in [0.3, 0.4) is 0 Å². The summed E-state index contributed by atoms with van der Waals surface area (Å²) in [5.41, 5.74) is 0.979. The van der Waals surface area contributed by atoms with Crippen LogP contribution in [0, 0.1) is 5.92 Å². The second-order valence-electron chi connectivity index (χ2n) is 5.60. The van der Waals surface area contributed by atoms with E-state index < -0.39 is 0 Å². The number of carbonyl (C=O) groups is 1. The Labute approximate surface area is 125 Å². The highest BCUT2D eigenvalue weighted by molar-refractivity contribution is 9.11. The summed E-state index contributed by atoms with van der Waals surface area (Å²) in [5, 5.41) is 0.782. The predicted molar refractivity (Wildman–Crippen MR) is 79.7 cm³/mol. The molecule has 1 saturated heterocycles. The van der Waals surface area contributed by atoms with Gasteiger partial charge in [-0.3, -0.25) is 9.69 Å². The van der Waals surface area contributed by atoms with Crippen LogP contribution >= 0.6 is 38.9 Å². The number of rotatable bonds is 2. The molecule has 0 bridgehead atoms. The van der Waals surface area contributed by atoms with E-state index in [4.69, 9.17) is 11.6 Å². The van der Waals surface area contributed by atoms with Crippen LogP contribution in [0.4, 0.5) is 5.13 Å². The highest BCUT2D eigenvalue weighted by Crippen LogP contribution is 2.39. The Balaban J connectivity index is 2.28. The minimum absolute atomic E-state index is 0.0256. The summed E-state index contributed by atoms with van der Waals surface area (Å²) in [6, 6.07) is 0. The number of halogens is 2. The molecule has 1 fully saturated rings. The number of aromatic nitrogens is 1. The topological polar surface area (TPSA) is 33.2 Å². The number of hydrogen-bond donors (Lipinski definition) is 0. The summed E-state index contributed by atoms with van der Waals surface area (Å²) in [5.74, 6) is 0.906. The van der Waals surface area contributed by atoms with Crippen molar-refractivity contribution in [1.82, 2.24) is 4.98 Å². The zero-order chi connectivity index (χ0) is 13.5. The Morgan fingerprint density at radius 2 is 2.22 bits per heavy atom. The van der Waals surface area contributed by atoms with Gasteiger partial charge in [-0.2, -0.15) is 0 Å². The molecule has 1 aromatic rings. The SMILES string of the molecule is CC(C)(C)c1nc(N2CC(CCl)CC2=O)sc1Br. The Kier molecular flexibility index (Phi) is 4.04. The lowest BCUT2D eigenvalue weighted by atomic mass is 9.93. The Bertz CT molecular complexity index is 469. The molecule has 1 aliphatic heterocycles. The van der Waals surface area contributed by atoms with Crippen LogP contribution in [0.5, 0.6) is 0 Å². The van der Waals surface area contributed by atoms with E-state index in [1.54, 1.807) is 4.90 Å². The van der Waals surface area contributed by atoms with Gasteiger partial charge in [0.1, 0.15) is 0 Å². The number of alkyl halides is 1. The van der Waals surface area contributed by atoms with Gasteiger partial charge in [-0.1, -0.05) is 32.1 Å². The van der Waals surface area contributed by atoms with Gasteiger partial charge in [0.15, 0.2) is 5.13 Å². The third-order valence-electron chi connectivity index (χ3n) is 2.94. The third-order valence-corrected chi connectivity index (χ3v) is 5.10. The smallest absolute Gasteiger partial charge is 0.229 e. The van der Waals surface area contributed by atoms with E-state index in [9.17, 15) is 4.79 Å². The van der Waals surface area contributed by atoms with Crippen molar-refractivity contribution in [3.63, 3.8) is 0 Å². The minimum atomic E-state index is -0.0256. The first-order chi connectivity index (χ1) is 8.32. The number of anilines is 1. The second-order valence-corrected chi connectivity index (χ2v) is 8.20. The minimum Gasteiger partial charge on any atom is -0.288 e. The van der Waals surface area contributed by atoms with Crippen molar-refractivity contribution in [2.45, 2.75) is 32.6 Å². The van der Waals surface area contributed by atoms with E-state index in [-0.39, 0.29) is 17.2 Å². The third kappa shape index (κ3) is 2.73. The Morgan fingerprint density at radius 1 is 1.56 bits per heavy atom. The summed E-state index contributed by atoms with van der Waals surface area (Å²) < 4.78 is 1.01. The van der Waals surface area contributed by atoms with Crippen LogP contribution in [0.2, 0.25) is 0 Å². The first-order valence-corrected chi connectivity index (χ1v) is 8.00. The number of thiazole rings is 1. The average molecular weight is 352 g/mol. The van der Waals surface area contributed by atoms with E-state index in [0.29, 0.717) is 18.8 Å². The molecular formula is C12H16BrClN2OS. The summed E-state index contributed by atoms with van der Waals surface area (Å²) in [6.45, 7) is 7.03. The van der Waals surface area contributed by atoms with Crippen molar-refractivity contribution in [1.29, 1.82) is 0 Å². The maximum atomic E-state index is 11.9. The highest BCUT2D eigenvalue weighted by atomic mass is 79.9. The molecule has 1 aromatic heterocycles. The molecule has 1 aliphatic rings. The number of nitrogens with zero attached hydrogens (tertiary/aromatic N) is 2. The maximum absolute atomic E-state index is 11.9. The van der Waals surface area contributed by atoms with E-state index in [0.717, 1.165) is 14.6 Å². The van der Waals surface area contributed by atoms with Gasteiger partial charge in [-0.05, 0) is 21.8 Å². The van der Waals surface area contributed by atoms with Gasteiger partial charge in [0.25, 0.3) is 0 Å². The molecule has 0 aliphatic carbocycles. The normalized spacial score (nSPS) is 20.8. The largest absolute Gasteiger partial charge is 0.288 e. The first kappa shape index (κ1) is 14.3. The lowest BCUT2D eigenvalue weighted by molar-refractivity contribution is -0.117. The average Bonchev–Trinajstić information content (AvgIpc) is 2.80. The van der Waals surface area contributed by atoms with Crippen LogP contribution in [-0.2, 0) is 10.2 Å². The standard InChI is InChI=1S/C12H16BrClN2OS/c1-12(2,3)9-10(13)18-11(15-9)16-6-7(5-14)4-8(16)17/h7H,4-6H2,1-3H3. The molecule has 2 rings (SSSR count). The number of hydrogen-bond acceptors (Lipinski definition) is 3. The lowest BCUT2D eigenvalue weighted by Crippen LogP contribution is -2.25. The fourth-order valence-electron chi connectivity index (χ4n) is 1.94. The van der Waals surface area contributed by atoms with Gasteiger partial charge in [0, 0.05) is 24.3 Å². The molecule has 2 heterocycles. The molecule has 0 spiro atoms. The van der Waals surface area contributed by atoms with Gasteiger partial charge in [0.2, 0.25) is 5.91 Å². The fraction of sp³-hybridized carbons (Fsp3) is 0.667. The quantitative estimate of drug-likeness (QED) is 0.759. The summed E-state index contributed by atoms with van der Waals surface area (Å²) in [4.78, 5) is 18.3. The van der Waals surface area contributed by atoms with Crippen molar-refractivity contribution in [2.75, 3.05) is 17.3 Å². The van der Waals surface area contributed by atoms with E-state index >= 15 is 0 Å². The maximum Gasteiger partial charge on any atom is 0.229 e. The van der Waals surface area contributed by atoms with Crippen LogP contribution in [-0.4, -0.2) is 23.3 Å². The lowest BCUT2D eigenvalue weighted by Gasteiger charge is -2.16. The van der Waals surface area contributed by atoms with Crippen LogP contribution < -0.4 is 4.90 Å². The van der Waals surface area contributed by atoms with Gasteiger partial charge in [0.05, 0.1) is 9.48 Å². The summed E-state index contributed by atoms with van der Waals surface area (Å²) in [6.07, 6.45) is 0.533. The summed E-state index contributed by atoms with van der Waals surface area (Å²) >= 11 is 10.9. The van der Waals surface area contributed by atoms with Crippen molar-refractivity contribution < 1.29 is 4.79 Å². The molecule has 1 amide bonds. The molecule has 6 heteroatoms. The highest BCUT2D eigenvalue weighted by Gasteiger charge is 2.33. The number of carbonyl (C=O) groups excluding carboxylic acids is 1. The summed E-state index contributed by atoms with van der Waals surface area (Å²) in [7, 11) is 0. The van der Waals surface area contributed by atoms with E-state index in [1.165, 1.54) is 11.3 Å². The molecule has 3 nitrogen and oxygen atoms in total. The molecule has 100 valence electrons. The van der Waals surface area contributed by atoms with Crippen LogP contribution in [0.1, 0.15) is 32.9 Å². The molecule has 1 atom stereocenters. The van der Waals surface area contributed by atoms with Crippen molar-refractivity contribution >= 4 is 49.9 Å². The van der Waals surface area contributed by atoms with Gasteiger partial charge >= 0.3 is 0 Å². The number of amides is 1. The zero-order valence-corrected chi connectivity index (χ0v) is 13.8. The van der Waals surface area contributed by atoms with Crippen molar-refractivity contribution in [3.8, 4) is 0 Å². The van der Waals surface area contributed by atoms with E-state index in [1.807, 2.05) is 0 Å². The van der Waals surface area contributed by atoms with Crippen LogP contribution in [0.15, 0.2) is 3.79 Å². The van der Waals surface area contributed by atoms with Crippen LogP contribution in [0.25, 0.3) is 0 Å². The second kappa shape index (κ2) is 5.10. The fourth-order valence-corrected chi connectivity index (χ4v) is 4.30. The van der Waals surface area contributed by atoms with Crippen molar-refractivity contribution in [3.05, 3.63) is 9.48 Å². The van der Waals surface area contributed by atoms with Gasteiger partial charge in [-0.15, -0.1) is 11.6 Å². The zero-order valence-electron chi connectivity index (χ0n) is 10.7.